The molecule has 1 aromatic carbocycles. The first kappa shape index (κ1) is 19.2. The van der Waals surface area contributed by atoms with Gasteiger partial charge in [-0.1, -0.05) is 36.8 Å². The predicted molar refractivity (Wildman–Crippen MR) is 107 cm³/mol. The van der Waals surface area contributed by atoms with Gasteiger partial charge in [-0.2, -0.15) is 0 Å². The summed E-state index contributed by atoms with van der Waals surface area (Å²) in [5, 5.41) is 17.0. The Labute approximate surface area is 157 Å². The van der Waals surface area contributed by atoms with Gasteiger partial charge < -0.3 is 15.7 Å². The van der Waals surface area contributed by atoms with E-state index >= 15 is 0 Å². The SMILES string of the molecule is CCNC(=NCC1CCCC1O)NC1CCCN(Cc2ccccc2)C1. The van der Waals surface area contributed by atoms with Gasteiger partial charge >= 0.3 is 0 Å². The van der Waals surface area contributed by atoms with Gasteiger partial charge in [0.25, 0.3) is 0 Å². The third kappa shape index (κ3) is 5.71. The molecule has 3 unspecified atom stereocenters. The number of aliphatic hydroxyl groups is 1. The first-order chi connectivity index (χ1) is 12.7. The van der Waals surface area contributed by atoms with E-state index in [9.17, 15) is 5.11 Å². The number of benzene rings is 1. The van der Waals surface area contributed by atoms with E-state index in [0.717, 1.165) is 57.9 Å². The van der Waals surface area contributed by atoms with Crippen molar-refractivity contribution in [3.05, 3.63) is 35.9 Å². The highest BCUT2D eigenvalue weighted by Crippen LogP contribution is 2.25. The Bertz CT molecular complexity index is 562. The van der Waals surface area contributed by atoms with Crippen LogP contribution in [0, 0.1) is 5.92 Å². The van der Waals surface area contributed by atoms with Gasteiger partial charge in [-0.05, 0) is 44.7 Å². The third-order valence-electron chi connectivity index (χ3n) is 5.54. The van der Waals surface area contributed by atoms with Crippen molar-refractivity contribution in [2.75, 3.05) is 26.2 Å². The lowest BCUT2D eigenvalue weighted by Crippen LogP contribution is -2.51. The van der Waals surface area contributed by atoms with E-state index in [1.165, 1.54) is 18.4 Å². The number of rotatable bonds is 6. The van der Waals surface area contributed by atoms with Crippen LogP contribution in [0.3, 0.4) is 0 Å². The summed E-state index contributed by atoms with van der Waals surface area (Å²) in [7, 11) is 0. The van der Waals surface area contributed by atoms with Crippen molar-refractivity contribution >= 4 is 5.96 Å². The number of nitrogens with one attached hydrogen (secondary N) is 2. The molecule has 5 heteroatoms. The fraction of sp³-hybridized carbons (Fsp3) is 0.667. The second kappa shape index (κ2) is 9.93. The molecular weight excluding hydrogens is 324 g/mol. The Morgan fingerprint density at radius 3 is 2.77 bits per heavy atom. The van der Waals surface area contributed by atoms with E-state index in [4.69, 9.17) is 4.99 Å². The normalized spacial score (nSPS) is 27.5. The van der Waals surface area contributed by atoms with E-state index in [1.807, 2.05) is 0 Å². The van der Waals surface area contributed by atoms with Crippen LogP contribution in [-0.4, -0.2) is 54.3 Å². The van der Waals surface area contributed by atoms with Gasteiger partial charge in [0.2, 0.25) is 0 Å². The number of likely N-dealkylation sites (tertiary alicyclic amines) is 1. The highest BCUT2D eigenvalue weighted by molar-refractivity contribution is 5.80. The molecular formula is C21H34N4O. The first-order valence-corrected chi connectivity index (χ1v) is 10.2. The van der Waals surface area contributed by atoms with Crippen molar-refractivity contribution in [2.45, 2.75) is 57.7 Å². The molecule has 144 valence electrons. The van der Waals surface area contributed by atoms with Crippen LogP contribution in [0.4, 0.5) is 0 Å². The molecule has 1 saturated carbocycles. The lowest BCUT2D eigenvalue weighted by Gasteiger charge is -2.34. The lowest BCUT2D eigenvalue weighted by atomic mass is 10.0. The van der Waals surface area contributed by atoms with Crippen molar-refractivity contribution in [1.82, 2.24) is 15.5 Å². The van der Waals surface area contributed by atoms with Gasteiger partial charge in [0.1, 0.15) is 0 Å². The Morgan fingerprint density at radius 1 is 1.19 bits per heavy atom. The summed E-state index contributed by atoms with van der Waals surface area (Å²) in [6.07, 6.45) is 5.38. The minimum atomic E-state index is -0.169. The molecule has 5 nitrogen and oxygen atoms in total. The first-order valence-electron chi connectivity index (χ1n) is 10.2. The Hall–Kier alpha value is -1.59. The molecule has 26 heavy (non-hydrogen) atoms. The molecule has 0 radical (unpaired) electrons. The minimum Gasteiger partial charge on any atom is -0.393 e. The number of piperidine rings is 1. The molecule has 1 aromatic rings. The number of hydrogen-bond acceptors (Lipinski definition) is 3. The number of aliphatic imine (C=N–C) groups is 1. The molecule has 0 amide bonds. The molecule has 1 heterocycles. The monoisotopic (exact) mass is 358 g/mol. The Kier molecular flexibility index (Phi) is 7.32. The number of aliphatic hydroxyl groups excluding tert-OH is 1. The molecule has 1 aliphatic carbocycles. The van der Waals surface area contributed by atoms with Gasteiger partial charge in [-0.25, -0.2) is 0 Å². The van der Waals surface area contributed by atoms with Crippen LogP contribution in [0.5, 0.6) is 0 Å². The summed E-state index contributed by atoms with van der Waals surface area (Å²) in [6, 6.07) is 11.1. The van der Waals surface area contributed by atoms with Crippen molar-refractivity contribution in [1.29, 1.82) is 0 Å². The van der Waals surface area contributed by atoms with Crippen molar-refractivity contribution in [2.24, 2.45) is 10.9 Å². The molecule has 3 atom stereocenters. The van der Waals surface area contributed by atoms with Crippen LogP contribution in [0.15, 0.2) is 35.3 Å². The quantitative estimate of drug-likeness (QED) is 0.540. The summed E-state index contributed by atoms with van der Waals surface area (Å²) >= 11 is 0. The molecule has 3 N–H and O–H groups in total. The highest BCUT2D eigenvalue weighted by atomic mass is 16.3. The lowest BCUT2D eigenvalue weighted by molar-refractivity contribution is 0.136. The number of guanidine groups is 1. The molecule has 0 aromatic heterocycles. The van der Waals surface area contributed by atoms with E-state index in [2.05, 4.69) is 52.8 Å². The van der Waals surface area contributed by atoms with Crippen molar-refractivity contribution < 1.29 is 5.11 Å². The van der Waals surface area contributed by atoms with Gasteiger partial charge in [0.05, 0.1) is 6.10 Å². The summed E-state index contributed by atoms with van der Waals surface area (Å²) < 4.78 is 0. The second-order valence-corrected chi connectivity index (χ2v) is 7.68. The minimum absolute atomic E-state index is 0.169. The van der Waals surface area contributed by atoms with E-state index in [0.29, 0.717) is 12.0 Å². The molecule has 3 rings (SSSR count). The molecule has 1 saturated heterocycles. The smallest absolute Gasteiger partial charge is 0.191 e. The van der Waals surface area contributed by atoms with Crippen LogP contribution in [0.25, 0.3) is 0 Å². The third-order valence-corrected chi connectivity index (χ3v) is 5.54. The standard InChI is InChI=1S/C21H34N4O/c1-2-22-21(23-14-18-10-6-12-20(18)26)24-19-11-7-13-25(16-19)15-17-8-4-3-5-9-17/h3-5,8-9,18-20,26H,2,6-7,10-16H2,1H3,(H2,22,23,24). The maximum absolute atomic E-state index is 10.0. The number of hydrogen-bond donors (Lipinski definition) is 3. The summed E-state index contributed by atoms with van der Waals surface area (Å²) in [6.45, 7) is 6.90. The topological polar surface area (TPSA) is 59.9 Å². The molecule has 0 bridgehead atoms. The fourth-order valence-electron chi connectivity index (χ4n) is 4.11. The van der Waals surface area contributed by atoms with Crippen LogP contribution in [0.2, 0.25) is 0 Å². The molecule has 2 fully saturated rings. The zero-order valence-electron chi connectivity index (χ0n) is 16.0. The van der Waals surface area contributed by atoms with E-state index in [-0.39, 0.29) is 6.10 Å². The molecule has 1 aliphatic heterocycles. The predicted octanol–water partition coefficient (Wildman–Crippen LogP) is 2.37. The van der Waals surface area contributed by atoms with Crippen LogP contribution in [0.1, 0.15) is 44.6 Å². The Balaban J connectivity index is 1.52. The zero-order valence-corrected chi connectivity index (χ0v) is 16.0. The van der Waals surface area contributed by atoms with Gasteiger partial charge in [-0.15, -0.1) is 0 Å². The maximum Gasteiger partial charge on any atom is 0.191 e. The van der Waals surface area contributed by atoms with Gasteiger partial charge in [-0.3, -0.25) is 9.89 Å². The molecule has 0 spiro atoms. The van der Waals surface area contributed by atoms with Crippen LogP contribution in [-0.2, 0) is 6.54 Å². The Morgan fingerprint density at radius 2 is 2.04 bits per heavy atom. The van der Waals surface area contributed by atoms with Gasteiger partial charge in [0, 0.05) is 38.1 Å². The average molecular weight is 359 g/mol. The largest absolute Gasteiger partial charge is 0.393 e. The van der Waals surface area contributed by atoms with E-state index in [1.54, 1.807) is 0 Å². The second-order valence-electron chi connectivity index (χ2n) is 7.68. The highest BCUT2D eigenvalue weighted by Gasteiger charge is 2.25. The zero-order chi connectivity index (χ0) is 18.2. The summed E-state index contributed by atoms with van der Waals surface area (Å²) in [5.41, 5.74) is 1.38. The van der Waals surface area contributed by atoms with Crippen LogP contribution >= 0.6 is 0 Å². The van der Waals surface area contributed by atoms with E-state index < -0.39 is 0 Å². The van der Waals surface area contributed by atoms with Gasteiger partial charge in [0.15, 0.2) is 5.96 Å². The fourth-order valence-corrected chi connectivity index (χ4v) is 4.11. The number of nitrogens with zero attached hydrogens (tertiary/aromatic N) is 2. The van der Waals surface area contributed by atoms with Crippen molar-refractivity contribution in [3.63, 3.8) is 0 Å². The molecule has 2 aliphatic rings. The maximum atomic E-state index is 10.0. The van der Waals surface area contributed by atoms with Crippen LogP contribution < -0.4 is 10.6 Å². The summed E-state index contributed by atoms with van der Waals surface area (Å²) in [4.78, 5) is 7.29. The summed E-state index contributed by atoms with van der Waals surface area (Å²) in [5.74, 6) is 1.23. The van der Waals surface area contributed by atoms with Crippen molar-refractivity contribution in [3.8, 4) is 0 Å². The average Bonchev–Trinajstić information content (AvgIpc) is 3.06.